The van der Waals surface area contributed by atoms with Crippen molar-refractivity contribution in [1.82, 2.24) is 0 Å². The van der Waals surface area contributed by atoms with E-state index in [1.54, 1.807) is 0 Å². The number of hydrogen-bond donors (Lipinski definition) is 1. The van der Waals surface area contributed by atoms with Crippen molar-refractivity contribution in [2.24, 2.45) is 0 Å². The van der Waals surface area contributed by atoms with E-state index in [9.17, 15) is 0 Å². The average Bonchev–Trinajstić information content (AvgIpc) is 2.59. The molecule has 3 nitrogen and oxygen atoms in total. The van der Waals surface area contributed by atoms with Gasteiger partial charge in [-0.05, 0) is 12.8 Å². The highest BCUT2D eigenvalue weighted by atomic mass is 16.7. The minimum Gasteiger partial charge on any atom is -0.394 e. The van der Waals surface area contributed by atoms with Crippen molar-refractivity contribution >= 4 is 0 Å². The molecular weight excluding hydrogens is 168 g/mol. The lowest BCUT2D eigenvalue weighted by atomic mass is 10.1. The molecule has 0 aromatic heterocycles. The minimum absolute atomic E-state index is 0.0634. The molecule has 0 aliphatic carbocycles. The summed E-state index contributed by atoms with van der Waals surface area (Å²) in [6.45, 7) is 4.82. The molecule has 0 saturated carbocycles. The topological polar surface area (TPSA) is 38.7 Å². The van der Waals surface area contributed by atoms with Gasteiger partial charge >= 0.3 is 0 Å². The van der Waals surface area contributed by atoms with E-state index in [2.05, 4.69) is 13.8 Å². The summed E-state index contributed by atoms with van der Waals surface area (Å²) in [6.07, 6.45) is 3.96. The summed E-state index contributed by atoms with van der Waals surface area (Å²) in [5, 5.41) is 8.91. The van der Waals surface area contributed by atoms with Crippen molar-refractivity contribution in [3.05, 3.63) is 0 Å². The van der Waals surface area contributed by atoms with Crippen LogP contribution in [0.1, 0.15) is 39.5 Å². The van der Waals surface area contributed by atoms with E-state index in [1.807, 2.05) is 0 Å². The standard InChI is InChI=1S/C10H20O3/c1-3-5-6-10(4-2)12-8-9(7-11)13-10/h9,11H,3-8H2,1-2H3. The molecule has 0 spiro atoms. The fraction of sp³-hybridized carbons (Fsp3) is 1.00. The fourth-order valence-corrected chi connectivity index (χ4v) is 1.65. The maximum atomic E-state index is 8.91. The Morgan fingerprint density at radius 2 is 2.23 bits per heavy atom. The zero-order chi connectivity index (χ0) is 9.73. The van der Waals surface area contributed by atoms with Gasteiger partial charge in [0.05, 0.1) is 13.2 Å². The third-order valence-electron chi connectivity index (χ3n) is 2.57. The van der Waals surface area contributed by atoms with Crippen LogP contribution in [-0.4, -0.2) is 30.2 Å². The Morgan fingerprint density at radius 1 is 1.46 bits per heavy atom. The monoisotopic (exact) mass is 188 g/mol. The maximum Gasteiger partial charge on any atom is 0.168 e. The first-order valence-corrected chi connectivity index (χ1v) is 5.19. The molecule has 0 amide bonds. The molecule has 1 N–H and O–H groups in total. The van der Waals surface area contributed by atoms with E-state index in [0.29, 0.717) is 6.61 Å². The summed E-state index contributed by atoms with van der Waals surface area (Å²) in [7, 11) is 0. The third kappa shape index (κ3) is 2.66. The minimum atomic E-state index is -0.399. The van der Waals surface area contributed by atoms with Gasteiger partial charge in [0.15, 0.2) is 5.79 Å². The first-order chi connectivity index (χ1) is 6.26. The normalized spacial score (nSPS) is 33.9. The van der Waals surface area contributed by atoms with Gasteiger partial charge in [-0.1, -0.05) is 20.3 Å². The Balaban J connectivity index is 2.42. The molecule has 1 saturated heterocycles. The maximum absolute atomic E-state index is 8.91. The van der Waals surface area contributed by atoms with Gasteiger partial charge in [0, 0.05) is 6.42 Å². The molecule has 1 aliphatic rings. The molecule has 2 unspecified atom stereocenters. The van der Waals surface area contributed by atoms with Gasteiger partial charge in [0.25, 0.3) is 0 Å². The van der Waals surface area contributed by atoms with E-state index in [0.717, 1.165) is 25.7 Å². The van der Waals surface area contributed by atoms with Gasteiger partial charge in [-0.25, -0.2) is 0 Å². The van der Waals surface area contributed by atoms with Crippen LogP contribution >= 0.6 is 0 Å². The first kappa shape index (κ1) is 11.0. The molecule has 1 fully saturated rings. The quantitative estimate of drug-likeness (QED) is 0.713. The molecule has 2 atom stereocenters. The van der Waals surface area contributed by atoms with Gasteiger partial charge in [-0.3, -0.25) is 0 Å². The molecule has 1 heterocycles. The highest BCUT2D eigenvalue weighted by molar-refractivity contribution is 4.77. The van der Waals surface area contributed by atoms with Gasteiger partial charge in [0.1, 0.15) is 6.10 Å². The largest absolute Gasteiger partial charge is 0.394 e. The number of hydrogen-bond acceptors (Lipinski definition) is 3. The summed E-state index contributed by atoms with van der Waals surface area (Å²) in [5.41, 5.74) is 0. The van der Waals surface area contributed by atoms with Crippen molar-refractivity contribution in [1.29, 1.82) is 0 Å². The molecule has 0 bridgehead atoms. The fourth-order valence-electron chi connectivity index (χ4n) is 1.65. The van der Waals surface area contributed by atoms with Crippen LogP contribution < -0.4 is 0 Å². The number of aliphatic hydroxyl groups is 1. The van der Waals surface area contributed by atoms with Crippen LogP contribution in [0, 0.1) is 0 Å². The number of ether oxygens (including phenoxy) is 2. The number of aliphatic hydroxyl groups excluding tert-OH is 1. The van der Waals surface area contributed by atoms with Crippen molar-refractivity contribution in [2.75, 3.05) is 13.2 Å². The molecule has 1 rings (SSSR count). The average molecular weight is 188 g/mol. The van der Waals surface area contributed by atoms with Crippen LogP contribution in [0.15, 0.2) is 0 Å². The second kappa shape index (κ2) is 4.94. The van der Waals surface area contributed by atoms with Crippen molar-refractivity contribution in [3.8, 4) is 0 Å². The predicted molar refractivity (Wildman–Crippen MR) is 50.5 cm³/mol. The summed E-state index contributed by atoms with van der Waals surface area (Å²) in [5.74, 6) is -0.399. The first-order valence-electron chi connectivity index (χ1n) is 5.19. The number of rotatable bonds is 5. The zero-order valence-corrected chi connectivity index (χ0v) is 8.58. The van der Waals surface area contributed by atoms with Crippen LogP contribution in [0.4, 0.5) is 0 Å². The Morgan fingerprint density at radius 3 is 2.69 bits per heavy atom. The lowest BCUT2D eigenvalue weighted by molar-refractivity contribution is -0.178. The Hall–Kier alpha value is -0.120. The highest BCUT2D eigenvalue weighted by Crippen LogP contribution is 2.31. The van der Waals surface area contributed by atoms with Gasteiger partial charge in [-0.15, -0.1) is 0 Å². The van der Waals surface area contributed by atoms with Crippen molar-refractivity contribution < 1.29 is 14.6 Å². The summed E-state index contributed by atoms with van der Waals surface area (Å²) in [6, 6.07) is 0. The molecule has 0 aromatic carbocycles. The van der Waals surface area contributed by atoms with Gasteiger partial charge in [-0.2, -0.15) is 0 Å². The van der Waals surface area contributed by atoms with E-state index in [-0.39, 0.29) is 12.7 Å². The van der Waals surface area contributed by atoms with Crippen LogP contribution in [0.25, 0.3) is 0 Å². The lowest BCUT2D eigenvalue weighted by Gasteiger charge is -2.26. The molecule has 3 heteroatoms. The van der Waals surface area contributed by atoms with E-state index < -0.39 is 5.79 Å². The summed E-state index contributed by atoms with van der Waals surface area (Å²) >= 11 is 0. The summed E-state index contributed by atoms with van der Waals surface area (Å²) < 4.78 is 11.3. The van der Waals surface area contributed by atoms with E-state index >= 15 is 0 Å². The zero-order valence-electron chi connectivity index (χ0n) is 8.58. The smallest absolute Gasteiger partial charge is 0.168 e. The van der Waals surface area contributed by atoms with Crippen molar-refractivity contribution in [3.63, 3.8) is 0 Å². The Bertz CT molecular complexity index is 149. The van der Waals surface area contributed by atoms with Crippen LogP contribution in [0.2, 0.25) is 0 Å². The van der Waals surface area contributed by atoms with Crippen LogP contribution in [0.5, 0.6) is 0 Å². The molecule has 78 valence electrons. The lowest BCUT2D eigenvalue weighted by Crippen LogP contribution is -2.30. The summed E-state index contributed by atoms with van der Waals surface area (Å²) in [4.78, 5) is 0. The molecular formula is C10H20O3. The van der Waals surface area contributed by atoms with Crippen molar-refractivity contribution in [2.45, 2.75) is 51.4 Å². The molecule has 1 aliphatic heterocycles. The van der Waals surface area contributed by atoms with Gasteiger partial charge < -0.3 is 14.6 Å². The Labute approximate surface area is 80.0 Å². The highest BCUT2D eigenvalue weighted by Gasteiger charge is 2.38. The van der Waals surface area contributed by atoms with Crippen LogP contribution in [0.3, 0.4) is 0 Å². The SMILES string of the molecule is CCCCC1(CC)OCC(CO)O1. The predicted octanol–water partition coefficient (Wildman–Crippen LogP) is 1.69. The van der Waals surface area contributed by atoms with E-state index in [1.165, 1.54) is 0 Å². The second-order valence-electron chi connectivity index (χ2n) is 3.60. The van der Waals surface area contributed by atoms with E-state index in [4.69, 9.17) is 14.6 Å². The Kier molecular flexibility index (Phi) is 4.16. The van der Waals surface area contributed by atoms with Crippen LogP contribution in [-0.2, 0) is 9.47 Å². The molecule has 0 radical (unpaired) electrons. The third-order valence-corrected chi connectivity index (χ3v) is 2.57. The molecule has 0 aromatic rings. The number of unbranched alkanes of at least 4 members (excludes halogenated alkanes) is 1. The second-order valence-corrected chi connectivity index (χ2v) is 3.60. The molecule has 13 heavy (non-hydrogen) atoms. The van der Waals surface area contributed by atoms with Gasteiger partial charge in [0.2, 0.25) is 0 Å².